The zero-order valence-electron chi connectivity index (χ0n) is 41.4. The van der Waals surface area contributed by atoms with E-state index in [1.54, 1.807) is 0 Å². The van der Waals surface area contributed by atoms with Gasteiger partial charge in [0.05, 0.1) is 5.41 Å². The molecule has 4 aliphatic rings. The van der Waals surface area contributed by atoms with Crippen molar-refractivity contribution in [2.24, 2.45) is 0 Å². The van der Waals surface area contributed by atoms with Crippen LogP contribution < -0.4 is 4.90 Å². The van der Waals surface area contributed by atoms with Crippen molar-refractivity contribution in [3.8, 4) is 78.3 Å². The molecule has 0 radical (unpaired) electrons. The van der Waals surface area contributed by atoms with Gasteiger partial charge in [0, 0.05) is 50.1 Å². The topological polar surface area (TPSA) is 16.4 Å². The van der Waals surface area contributed by atoms with Crippen molar-refractivity contribution in [1.29, 1.82) is 0 Å². The van der Waals surface area contributed by atoms with E-state index in [0.29, 0.717) is 0 Å². The smallest absolute Gasteiger partial charge is 0.142 e. The van der Waals surface area contributed by atoms with E-state index in [9.17, 15) is 0 Å². The molecule has 0 saturated carbocycles. The molecule has 0 fully saturated rings. The van der Waals surface area contributed by atoms with E-state index >= 15 is 0 Å². The number of rotatable bonds is 6. The molecular weight excluding hydrogens is 883 g/mol. The average Bonchev–Trinajstić information content (AvgIpc) is 4.19. The molecule has 1 spiro atoms. The zero-order chi connectivity index (χ0) is 48.8. The van der Waals surface area contributed by atoms with E-state index in [1.165, 1.54) is 100 Å². The normalized spacial score (nSPS) is 16.2. The minimum atomic E-state index is -0.617. The third-order valence-electron chi connectivity index (χ3n) is 17.1. The average molecular weight is 934 g/mol. The molecule has 1 atom stereocenters. The van der Waals surface area contributed by atoms with Crippen LogP contribution in [-0.2, 0) is 16.2 Å². The molecule has 2 nitrogen and oxygen atoms in total. The summed E-state index contributed by atoms with van der Waals surface area (Å²) in [6, 6.07) is 88.0. The van der Waals surface area contributed by atoms with E-state index in [-0.39, 0.29) is 10.8 Å². The molecule has 0 saturated heterocycles. The first kappa shape index (κ1) is 42.0. The largest absolute Gasteiger partial charge is 0.455 e. The molecule has 0 bridgehead atoms. The van der Waals surface area contributed by atoms with Crippen molar-refractivity contribution < 1.29 is 4.42 Å². The number of anilines is 3. The Morgan fingerprint density at radius 2 is 0.699 bits per heavy atom. The molecule has 15 rings (SSSR count). The summed E-state index contributed by atoms with van der Waals surface area (Å²) in [6.07, 6.45) is 0. The Balaban J connectivity index is 0.917. The van der Waals surface area contributed by atoms with Gasteiger partial charge in [-0.15, -0.1) is 0 Å². The van der Waals surface area contributed by atoms with Gasteiger partial charge in [-0.2, -0.15) is 0 Å². The molecule has 0 amide bonds. The maximum atomic E-state index is 7.26. The van der Waals surface area contributed by atoms with Crippen LogP contribution in [0.25, 0.3) is 78.3 Å². The summed E-state index contributed by atoms with van der Waals surface area (Å²) in [5.41, 5.74) is 27.8. The van der Waals surface area contributed by atoms with Crippen molar-refractivity contribution in [2.45, 2.75) is 43.9 Å². The SMILES string of the molecule is CC1(C)c2ccccc2-c2ccc(N(c3ccc(-c4cccc5c4-c4ccccc4C54c5ccccc5-c5c(-c6ccccc6)oc(-c6ccccc6)c54)cc3)c3ccc4c(c3)C(C)(C)c3ccccc3-4)cc21. The summed E-state index contributed by atoms with van der Waals surface area (Å²) in [7, 11) is 0. The summed E-state index contributed by atoms with van der Waals surface area (Å²) in [5.74, 6) is 1.83. The van der Waals surface area contributed by atoms with Crippen molar-refractivity contribution in [3.63, 3.8) is 0 Å². The fraction of sp³-hybridized carbons (Fsp3) is 0.0986. The first-order valence-electron chi connectivity index (χ1n) is 25.8. The Morgan fingerprint density at radius 1 is 0.288 bits per heavy atom. The third-order valence-corrected chi connectivity index (χ3v) is 17.1. The first-order valence-corrected chi connectivity index (χ1v) is 25.8. The lowest BCUT2D eigenvalue weighted by molar-refractivity contribution is 0.588. The number of benzene rings is 10. The van der Waals surface area contributed by atoms with Crippen LogP contribution in [0.15, 0.2) is 241 Å². The van der Waals surface area contributed by atoms with Gasteiger partial charge in [-0.25, -0.2) is 0 Å². The Labute approximate surface area is 427 Å². The van der Waals surface area contributed by atoms with Gasteiger partial charge in [0.1, 0.15) is 11.5 Å². The highest BCUT2D eigenvalue weighted by molar-refractivity contribution is 6.05. The Morgan fingerprint density at radius 3 is 1.25 bits per heavy atom. The molecule has 1 aromatic heterocycles. The third kappa shape index (κ3) is 5.64. The predicted molar refractivity (Wildman–Crippen MR) is 301 cm³/mol. The van der Waals surface area contributed by atoms with Gasteiger partial charge >= 0.3 is 0 Å². The molecule has 2 heteroatoms. The molecule has 0 aliphatic heterocycles. The van der Waals surface area contributed by atoms with Crippen LogP contribution in [0.4, 0.5) is 17.1 Å². The van der Waals surface area contributed by atoms with Crippen LogP contribution in [0.3, 0.4) is 0 Å². The summed E-state index contributed by atoms with van der Waals surface area (Å²) in [5, 5.41) is 0. The number of hydrogen-bond acceptors (Lipinski definition) is 2. The lowest BCUT2D eigenvalue weighted by Gasteiger charge is -2.30. The van der Waals surface area contributed by atoms with Gasteiger partial charge in [0.15, 0.2) is 0 Å². The molecule has 73 heavy (non-hydrogen) atoms. The predicted octanol–water partition coefficient (Wildman–Crippen LogP) is 18.7. The van der Waals surface area contributed by atoms with E-state index in [0.717, 1.165) is 39.7 Å². The number of hydrogen-bond donors (Lipinski definition) is 0. The van der Waals surface area contributed by atoms with Crippen molar-refractivity contribution in [3.05, 3.63) is 281 Å². The number of nitrogens with zero attached hydrogens (tertiary/aromatic N) is 1. The lowest BCUT2D eigenvalue weighted by atomic mass is 9.69. The van der Waals surface area contributed by atoms with E-state index in [4.69, 9.17) is 4.42 Å². The minimum absolute atomic E-state index is 0.137. The fourth-order valence-electron chi connectivity index (χ4n) is 13.8. The highest BCUT2D eigenvalue weighted by Crippen LogP contribution is 2.68. The maximum Gasteiger partial charge on any atom is 0.142 e. The van der Waals surface area contributed by atoms with Crippen LogP contribution >= 0.6 is 0 Å². The van der Waals surface area contributed by atoms with Crippen LogP contribution in [0, 0.1) is 0 Å². The summed E-state index contributed by atoms with van der Waals surface area (Å²) in [4.78, 5) is 2.48. The van der Waals surface area contributed by atoms with E-state index in [1.807, 2.05) is 0 Å². The fourth-order valence-corrected chi connectivity index (χ4v) is 13.8. The molecule has 1 heterocycles. The zero-order valence-corrected chi connectivity index (χ0v) is 41.4. The molecule has 346 valence electrons. The Bertz CT molecular complexity index is 3970. The molecule has 10 aromatic carbocycles. The van der Waals surface area contributed by atoms with Gasteiger partial charge < -0.3 is 9.32 Å². The molecule has 11 aromatic rings. The van der Waals surface area contributed by atoms with Gasteiger partial charge in [0.2, 0.25) is 0 Å². The molecule has 4 aliphatic carbocycles. The lowest BCUT2D eigenvalue weighted by Crippen LogP contribution is -2.26. The van der Waals surface area contributed by atoms with Crippen LogP contribution in [0.2, 0.25) is 0 Å². The Hall–Kier alpha value is -8.72. The first-order chi connectivity index (χ1) is 35.7. The quantitative estimate of drug-likeness (QED) is 0.165. The highest BCUT2D eigenvalue weighted by Gasteiger charge is 2.56. The van der Waals surface area contributed by atoms with Gasteiger partial charge in [-0.05, 0) is 125 Å². The Kier molecular flexibility index (Phi) is 8.72. The van der Waals surface area contributed by atoms with Crippen LogP contribution in [-0.4, -0.2) is 0 Å². The standard InChI is InChI=1S/C71H51NO/c1-69(2)57-29-15-11-24-51(57)53-40-38-48(42-62(53)69)72(49-39-41-54-52-25-12-16-30-58(52)70(3,4)63(54)43-49)47-36-34-44(35-37-47)50-28-19-33-61-64(50)55-26-13-17-31-59(55)71(61)60-32-18-14-27-56(60)65-66(71)68(46-22-9-6-10-23-46)73-67(65)45-20-7-5-8-21-45/h5-43H,1-4H3. The van der Waals surface area contributed by atoms with Crippen molar-refractivity contribution >= 4 is 17.1 Å². The summed E-state index contributed by atoms with van der Waals surface area (Å²) >= 11 is 0. The highest BCUT2D eigenvalue weighted by atomic mass is 16.3. The second-order valence-corrected chi connectivity index (χ2v) is 21.5. The van der Waals surface area contributed by atoms with Crippen LogP contribution in [0.1, 0.15) is 72.2 Å². The number of furan rings is 1. The molecule has 0 N–H and O–H groups in total. The van der Waals surface area contributed by atoms with Crippen molar-refractivity contribution in [1.82, 2.24) is 0 Å². The van der Waals surface area contributed by atoms with Gasteiger partial charge in [-0.3, -0.25) is 0 Å². The maximum absolute atomic E-state index is 7.26. The molecular formula is C71H51NO. The summed E-state index contributed by atoms with van der Waals surface area (Å²) in [6.45, 7) is 9.49. The van der Waals surface area contributed by atoms with E-state index in [2.05, 4.69) is 269 Å². The number of fused-ring (bicyclic) bond motifs is 16. The minimum Gasteiger partial charge on any atom is -0.455 e. The molecule has 1 unspecified atom stereocenters. The summed E-state index contributed by atoms with van der Waals surface area (Å²) < 4.78 is 7.26. The van der Waals surface area contributed by atoms with Crippen LogP contribution in [0.5, 0.6) is 0 Å². The second-order valence-electron chi connectivity index (χ2n) is 21.5. The van der Waals surface area contributed by atoms with E-state index < -0.39 is 5.41 Å². The monoisotopic (exact) mass is 933 g/mol. The van der Waals surface area contributed by atoms with Gasteiger partial charge in [-0.1, -0.05) is 228 Å². The van der Waals surface area contributed by atoms with Gasteiger partial charge in [0.25, 0.3) is 0 Å². The van der Waals surface area contributed by atoms with Crippen molar-refractivity contribution in [2.75, 3.05) is 4.90 Å². The second kappa shape index (κ2) is 15.2.